The summed E-state index contributed by atoms with van der Waals surface area (Å²) in [6, 6.07) is 8.64. The number of carbonyl (C=O) groups is 1. The van der Waals surface area contributed by atoms with Gasteiger partial charge in [0, 0.05) is 0 Å². The maximum atomic E-state index is 12.1. The second-order valence-corrected chi connectivity index (χ2v) is 5.71. The molecule has 0 aliphatic carbocycles. The molecule has 19 heavy (non-hydrogen) atoms. The molecule has 5 heteroatoms. The van der Waals surface area contributed by atoms with Crippen molar-refractivity contribution in [3.63, 3.8) is 0 Å². The number of furan rings is 1. The van der Waals surface area contributed by atoms with Crippen molar-refractivity contribution in [2.24, 2.45) is 0 Å². The van der Waals surface area contributed by atoms with Crippen LogP contribution in [0, 0.1) is 13.8 Å². The van der Waals surface area contributed by atoms with Gasteiger partial charge >= 0.3 is 5.97 Å². The molecule has 1 aromatic heterocycles. The number of aryl methyl sites for hydroxylation is 2. The van der Waals surface area contributed by atoms with E-state index in [0.717, 1.165) is 11.1 Å². The van der Waals surface area contributed by atoms with E-state index in [4.69, 9.17) is 9.52 Å². The number of benzene rings is 1. The van der Waals surface area contributed by atoms with Crippen LogP contribution in [0.5, 0.6) is 0 Å². The highest BCUT2D eigenvalue weighted by Crippen LogP contribution is 2.17. The van der Waals surface area contributed by atoms with E-state index in [1.54, 1.807) is 0 Å². The molecule has 1 unspecified atom stereocenters. The van der Waals surface area contributed by atoms with Crippen LogP contribution in [-0.4, -0.2) is 15.3 Å². The van der Waals surface area contributed by atoms with Crippen LogP contribution < -0.4 is 0 Å². The second-order valence-electron chi connectivity index (χ2n) is 4.33. The van der Waals surface area contributed by atoms with Gasteiger partial charge < -0.3 is 9.52 Å². The third-order valence-electron chi connectivity index (χ3n) is 2.89. The molecular formula is C14H14O4S. The molecule has 0 radical (unpaired) electrons. The number of aromatic carboxylic acids is 1. The van der Waals surface area contributed by atoms with Crippen LogP contribution in [0.25, 0.3) is 0 Å². The molecule has 1 atom stereocenters. The third kappa shape index (κ3) is 3.12. The molecule has 2 rings (SSSR count). The minimum absolute atomic E-state index is 0.190. The van der Waals surface area contributed by atoms with Crippen LogP contribution in [0.2, 0.25) is 0 Å². The van der Waals surface area contributed by atoms with E-state index >= 15 is 0 Å². The molecule has 4 nitrogen and oxygen atoms in total. The maximum absolute atomic E-state index is 12.1. The van der Waals surface area contributed by atoms with Gasteiger partial charge in [-0.2, -0.15) is 0 Å². The predicted molar refractivity (Wildman–Crippen MR) is 71.7 cm³/mol. The average molecular weight is 278 g/mol. The van der Waals surface area contributed by atoms with Crippen molar-refractivity contribution in [3.05, 3.63) is 52.8 Å². The Bertz CT molecular complexity index is 643. The number of hydrogen-bond donors (Lipinski definition) is 1. The Balaban J connectivity index is 2.15. The lowest BCUT2D eigenvalue weighted by molar-refractivity contribution is 0.0656. The van der Waals surface area contributed by atoms with Crippen molar-refractivity contribution in [3.8, 4) is 0 Å². The van der Waals surface area contributed by atoms with Gasteiger partial charge in [-0.15, -0.1) is 0 Å². The number of carboxylic acids is 1. The molecule has 0 aliphatic heterocycles. The summed E-state index contributed by atoms with van der Waals surface area (Å²) in [6.45, 7) is 4.01. The standard InChI is InChI=1S/C14H14O4S/c1-9-3-4-11(7-10(9)2)8-19(17)13-6-5-12(18-13)14(15)16/h3-7H,8H2,1-2H3,(H,15,16). The molecule has 0 spiro atoms. The SMILES string of the molecule is Cc1ccc(CS(=O)c2ccc(C(=O)O)o2)cc1C. The van der Waals surface area contributed by atoms with Gasteiger partial charge in [-0.25, -0.2) is 4.79 Å². The van der Waals surface area contributed by atoms with Gasteiger partial charge in [-0.1, -0.05) is 18.2 Å². The summed E-state index contributed by atoms with van der Waals surface area (Å²) < 4.78 is 17.1. The highest BCUT2D eigenvalue weighted by molar-refractivity contribution is 7.84. The Hall–Kier alpha value is -1.88. The largest absolute Gasteiger partial charge is 0.475 e. The number of rotatable bonds is 4. The zero-order valence-electron chi connectivity index (χ0n) is 10.7. The van der Waals surface area contributed by atoms with E-state index in [1.165, 1.54) is 17.7 Å². The van der Waals surface area contributed by atoms with E-state index in [-0.39, 0.29) is 10.9 Å². The van der Waals surface area contributed by atoms with Crippen LogP contribution in [0.1, 0.15) is 27.2 Å². The summed E-state index contributed by atoms with van der Waals surface area (Å²) in [5.41, 5.74) is 3.26. The molecule has 0 saturated carbocycles. The summed E-state index contributed by atoms with van der Waals surface area (Å²) in [5, 5.41) is 8.93. The number of hydrogen-bond acceptors (Lipinski definition) is 3. The van der Waals surface area contributed by atoms with E-state index in [2.05, 4.69) is 0 Å². The topological polar surface area (TPSA) is 67.5 Å². The minimum atomic E-state index is -1.37. The van der Waals surface area contributed by atoms with Crippen LogP contribution in [0.3, 0.4) is 0 Å². The fourth-order valence-electron chi connectivity index (χ4n) is 1.67. The van der Waals surface area contributed by atoms with Gasteiger partial charge in [-0.05, 0) is 42.7 Å². The van der Waals surface area contributed by atoms with Crippen molar-refractivity contribution < 1.29 is 18.5 Å². The lowest BCUT2D eigenvalue weighted by Gasteiger charge is -2.04. The Kier molecular flexibility index (Phi) is 3.85. The van der Waals surface area contributed by atoms with Crippen LogP contribution >= 0.6 is 0 Å². The summed E-state index contributed by atoms with van der Waals surface area (Å²) in [6.07, 6.45) is 0. The molecule has 0 amide bonds. The predicted octanol–water partition coefficient (Wildman–Crippen LogP) is 2.90. The second kappa shape index (κ2) is 5.40. The first-order valence-electron chi connectivity index (χ1n) is 5.75. The molecule has 0 bridgehead atoms. The molecule has 1 aromatic carbocycles. The van der Waals surface area contributed by atoms with Gasteiger partial charge in [0.05, 0.1) is 16.6 Å². The minimum Gasteiger partial charge on any atom is -0.475 e. The Morgan fingerprint density at radius 1 is 1.21 bits per heavy atom. The van der Waals surface area contributed by atoms with E-state index < -0.39 is 16.8 Å². The van der Waals surface area contributed by atoms with E-state index in [0.29, 0.717) is 5.75 Å². The van der Waals surface area contributed by atoms with E-state index in [1.807, 2.05) is 32.0 Å². The fraction of sp³-hybridized carbons (Fsp3) is 0.214. The molecular weight excluding hydrogens is 264 g/mol. The normalized spacial score (nSPS) is 12.3. The first kappa shape index (κ1) is 13.5. The zero-order chi connectivity index (χ0) is 14.0. The van der Waals surface area contributed by atoms with Gasteiger partial charge in [0.1, 0.15) is 0 Å². The number of carboxylic acid groups (broad SMARTS) is 1. The van der Waals surface area contributed by atoms with Crippen LogP contribution in [0.15, 0.2) is 39.8 Å². The van der Waals surface area contributed by atoms with Crippen molar-refractivity contribution in [2.45, 2.75) is 24.7 Å². The summed E-state index contributed by atoms with van der Waals surface area (Å²) in [7, 11) is -1.37. The highest BCUT2D eigenvalue weighted by Gasteiger charge is 2.14. The van der Waals surface area contributed by atoms with Gasteiger partial charge in [0.2, 0.25) is 5.76 Å². The summed E-state index contributed by atoms with van der Waals surface area (Å²) in [5.74, 6) is -1.04. The first-order valence-corrected chi connectivity index (χ1v) is 7.07. The smallest absolute Gasteiger partial charge is 0.371 e. The Morgan fingerprint density at radius 3 is 2.53 bits per heavy atom. The fourth-order valence-corrected chi connectivity index (χ4v) is 2.70. The molecule has 2 aromatic rings. The first-order chi connectivity index (χ1) is 8.97. The van der Waals surface area contributed by atoms with Crippen molar-refractivity contribution in [1.82, 2.24) is 0 Å². The molecule has 1 N–H and O–H groups in total. The van der Waals surface area contributed by atoms with Crippen molar-refractivity contribution >= 4 is 16.8 Å². The van der Waals surface area contributed by atoms with Gasteiger partial charge in [0.15, 0.2) is 5.09 Å². The summed E-state index contributed by atoms with van der Waals surface area (Å²) >= 11 is 0. The average Bonchev–Trinajstić information content (AvgIpc) is 2.83. The molecule has 1 heterocycles. The molecule has 0 saturated heterocycles. The Morgan fingerprint density at radius 2 is 1.95 bits per heavy atom. The third-order valence-corrected chi connectivity index (χ3v) is 4.15. The quantitative estimate of drug-likeness (QED) is 0.933. The lowest BCUT2D eigenvalue weighted by atomic mass is 10.1. The van der Waals surface area contributed by atoms with Crippen LogP contribution in [-0.2, 0) is 16.6 Å². The van der Waals surface area contributed by atoms with Gasteiger partial charge in [0.25, 0.3) is 0 Å². The summed E-state index contributed by atoms with van der Waals surface area (Å²) in [4.78, 5) is 10.7. The van der Waals surface area contributed by atoms with Gasteiger partial charge in [-0.3, -0.25) is 4.21 Å². The monoisotopic (exact) mass is 278 g/mol. The lowest BCUT2D eigenvalue weighted by Crippen LogP contribution is -1.97. The maximum Gasteiger partial charge on any atom is 0.371 e. The van der Waals surface area contributed by atoms with E-state index in [9.17, 15) is 9.00 Å². The molecule has 0 fully saturated rings. The highest BCUT2D eigenvalue weighted by atomic mass is 32.2. The van der Waals surface area contributed by atoms with Crippen molar-refractivity contribution in [1.29, 1.82) is 0 Å². The van der Waals surface area contributed by atoms with Crippen LogP contribution in [0.4, 0.5) is 0 Å². The zero-order valence-corrected chi connectivity index (χ0v) is 11.5. The molecule has 0 aliphatic rings. The Labute approximate surface area is 113 Å². The van der Waals surface area contributed by atoms with Crippen molar-refractivity contribution in [2.75, 3.05) is 0 Å². The molecule has 100 valence electrons.